The molecule has 620 valence electrons. The van der Waals surface area contributed by atoms with Crippen LogP contribution >= 0.6 is 23.5 Å². The van der Waals surface area contributed by atoms with Crippen LogP contribution < -0.4 is 10.6 Å². The number of carbonyl (C=O) groups is 8. The maximum atomic E-state index is 13.4. The number of nitrogens with one attached hydrogen (secondary N) is 2. The van der Waals surface area contributed by atoms with E-state index in [1.807, 2.05) is 9.80 Å². The SMILES string of the molecule is CCCCCCCCCCCCCCCCOC(=O)CCN(CCC(=O)OCCCCCCCCCCCCCCCC)CCC(=O)SCC1NC(=O)C(CSC(=O)CCN(CCC(=O)OCCCCCCCCCCCCCCCC)CCC(=O)OCCCCCCCCCCCCCCCC)NC1=O. The normalized spacial score (nSPS) is 13.7. The second kappa shape index (κ2) is 78.5. The quantitative estimate of drug-likeness (QED) is 0.0330. The standard InChI is InChI=1S/C88H164N4O12S2/c1-5-9-13-17-21-25-29-33-37-41-45-49-53-57-73-101-81(93)61-67-91(68-62-82(94)102-74-58-54-50-46-42-38-34-30-26-22-18-14-10-6-2)71-65-85(97)105-77-79-87(99)90-80(88(100)89-79)78-106-86(98)66-72-92(69-63-83(95)103-75-59-55-51-47-43-39-35-31-27-23-19-15-11-7-3)70-64-84(96)104-76-60-56-52-48-44-40-36-32-28-24-20-16-12-8-4/h79-80H,5-78H2,1-4H3,(H,89,100)(H,90,99). The summed E-state index contributed by atoms with van der Waals surface area (Å²) in [6.45, 7) is 12.4. The lowest BCUT2D eigenvalue weighted by atomic mass is 10.0. The van der Waals surface area contributed by atoms with Gasteiger partial charge in [0.05, 0.1) is 52.1 Å². The van der Waals surface area contributed by atoms with Crippen LogP contribution in [-0.4, -0.2) is 145 Å². The summed E-state index contributed by atoms with van der Waals surface area (Å²) < 4.78 is 22.5. The van der Waals surface area contributed by atoms with Crippen molar-refractivity contribution in [2.24, 2.45) is 0 Å². The molecule has 1 fully saturated rings. The first-order valence-corrected chi connectivity index (χ1v) is 46.9. The number of hydrogen-bond donors (Lipinski definition) is 2. The van der Waals surface area contributed by atoms with Crippen LogP contribution in [-0.2, 0) is 57.3 Å². The fourth-order valence-electron chi connectivity index (χ4n) is 13.8. The Kier molecular flexibility index (Phi) is 74.6. The summed E-state index contributed by atoms with van der Waals surface area (Å²) in [7, 11) is 0. The van der Waals surface area contributed by atoms with Crippen LogP contribution in [0.1, 0.15) is 426 Å². The molecule has 0 aromatic rings. The molecule has 2 unspecified atom stereocenters. The molecule has 2 amide bonds. The van der Waals surface area contributed by atoms with Crippen LogP contribution in [0.25, 0.3) is 0 Å². The van der Waals surface area contributed by atoms with E-state index in [4.69, 9.17) is 18.9 Å². The molecule has 2 atom stereocenters. The monoisotopic (exact) mass is 1530 g/mol. The smallest absolute Gasteiger partial charge is 0.307 e. The van der Waals surface area contributed by atoms with Crippen LogP contribution in [0.3, 0.4) is 0 Å². The third-order valence-corrected chi connectivity index (χ3v) is 23.0. The fourth-order valence-corrected chi connectivity index (χ4v) is 15.4. The highest BCUT2D eigenvalue weighted by Gasteiger charge is 2.34. The summed E-state index contributed by atoms with van der Waals surface area (Å²) in [6, 6.07) is -1.91. The van der Waals surface area contributed by atoms with E-state index in [1.54, 1.807) is 0 Å². The van der Waals surface area contributed by atoms with E-state index >= 15 is 0 Å². The van der Waals surface area contributed by atoms with Gasteiger partial charge in [0.1, 0.15) is 12.1 Å². The number of ether oxygens (including phenoxy) is 4. The molecule has 1 saturated heterocycles. The zero-order valence-electron chi connectivity index (χ0n) is 69.1. The summed E-state index contributed by atoms with van der Waals surface area (Å²) in [5, 5.41) is 5.12. The van der Waals surface area contributed by atoms with Crippen molar-refractivity contribution < 1.29 is 57.3 Å². The highest BCUT2D eigenvalue weighted by Crippen LogP contribution is 2.21. The van der Waals surface area contributed by atoms with Crippen molar-refractivity contribution in [3.05, 3.63) is 0 Å². The third-order valence-electron chi connectivity index (χ3n) is 20.9. The lowest BCUT2D eigenvalue weighted by molar-refractivity contribution is -0.146. The summed E-state index contributed by atoms with van der Waals surface area (Å²) in [5.41, 5.74) is 0. The molecule has 0 saturated carbocycles. The van der Waals surface area contributed by atoms with Gasteiger partial charge in [-0.1, -0.05) is 385 Å². The number of piperazine rings is 1. The van der Waals surface area contributed by atoms with Gasteiger partial charge < -0.3 is 39.4 Å². The molecule has 18 heteroatoms. The van der Waals surface area contributed by atoms with E-state index in [1.165, 1.54) is 283 Å². The van der Waals surface area contributed by atoms with Crippen LogP contribution in [0, 0.1) is 0 Å². The van der Waals surface area contributed by atoms with Crippen molar-refractivity contribution in [3.63, 3.8) is 0 Å². The molecule has 0 spiro atoms. The van der Waals surface area contributed by atoms with Gasteiger partial charge in [0, 0.05) is 63.6 Å². The van der Waals surface area contributed by atoms with Crippen LogP contribution in [0.4, 0.5) is 0 Å². The van der Waals surface area contributed by atoms with Crippen molar-refractivity contribution in [3.8, 4) is 0 Å². The van der Waals surface area contributed by atoms with E-state index in [2.05, 4.69) is 38.3 Å². The predicted octanol–water partition coefficient (Wildman–Crippen LogP) is 22.5. The van der Waals surface area contributed by atoms with Crippen molar-refractivity contribution in [1.82, 2.24) is 20.4 Å². The highest BCUT2D eigenvalue weighted by atomic mass is 32.2. The first kappa shape index (κ1) is 101. The molecule has 0 aromatic carbocycles. The zero-order chi connectivity index (χ0) is 76.9. The average Bonchev–Trinajstić information content (AvgIpc) is 0.844. The zero-order valence-corrected chi connectivity index (χ0v) is 70.7. The van der Waals surface area contributed by atoms with Gasteiger partial charge in [-0.05, 0) is 25.7 Å². The minimum atomic E-state index is -0.955. The minimum Gasteiger partial charge on any atom is -0.466 e. The molecule has 16 nitrogen and oxygen atoms in total. The van der Waals surface area contributed by atoms with E-state index < -0.39 is 23.9 Å². The van der Waals surface area contributed by atoms with Crippen LogP contribution in [0.2, 0.25) is 0 Å². The molecular formula is C88H164N4O12S2. The second-order valence-corrected chi connectivity index (χ2v) is 33.1. The largest absolute Gasteiger partial charge is 0.466 e. The minimum absolute atomic E-state index is 0.0161. The molecule has 106 heavy (non-hydrogen) atoms. The van der Waals surface area contributed by atoms with Crippen molar-refractivity contribution >= 4 is 69.4 Å². The Labute approximate surface area is 658 Å². The van der Waals surface area contributed by atoms with Crippen LogP contribution in [0.5, 0.6) is 0 Å². The third kappa shape index (κ3) is 68.8. The molecule has 0 aliphatic carbocycles. The van der Waals surface area contributed by atoms with E-state index in [0.29, 0.717) is 52.6 Å². The van der Waals surface area contributed by atoms with Gasteiger partial charge in [-0.3, -0.25) is 38.4 Å². The molecular weight excluding hydrogens is 1370 g/mol. The Morgan fingerprint density at radius 3 is 0.594 bits per heavy atom. The molecule has 0 aromatic heterocycles. The van der Waals surface area contributed by atoms with E-state index in [9.17, 15) is 38.4 Å². The van der Waals surface area contributed by atoms with E-state index in [-0.39, 0.29) is 97.2 Å². The molecule has 2 N–H and O–H groups in total. The molecule has 1 heterocycles. The van der Waals surface area contributed by atoms with Crippen LogP contribution in [0.15, 0.2) is 0 Å². The van der Waals surface area contributed by atoms with E-state index in [0.717, 1.165) is 101 Å². The van der Waals surface area contributed by atoms with Crippen molar-refractivity contribution in [2.45, 2.75) is 438 Å². The van der Waals surface area contributed by atoms with Crippen molar-refractivity contribution in [1.29, 1.82) is 0 Å². The fraction of sp³-hybridized carbons (Fsp3) is 0.909. The lowest BCUT2D eigenvalue weighted by Gasteiger charge is -2.29. The first-order chi connectivity index (χ1) is 51.9. The van der Waals surface area contributed by atoms with Gasteiger partial charge in [0.2, 0.25) is 11.8 Å². The summed E-state index contributed by atoms with van der Waals surface area (Å²) in [4.78, 5) is 109. The number of unbranched alkanes of at least 4 members (excludes halogenated alkanes) is 52. The second-order valence-electron chi connectivity index (χ2n) is 30.9. The van der Waals surface area contributed by atoms with Gasteiger partial charge in [-0.25, -0.2) is 0 Å². The number of hydrogen-bond acceptors (Lipinski definition) is 16. The Morgan fingerprint density at radius 1 is 0.255 bits per heavy atom. The number of nitrogens with zero attached hydrogens (tertiary/aromatic N) is 2. The summed E-state index contributed by atoms with van der Waals surface area (Å²) in [6.07, 6.45) is 70.7. The number of thioether (sulfide) groups is 2. The highest BCUT2D eigenvalue weighted by molar-refractivity contribution is 8.13. The molecule has 0 radical (unpaired) electrons. The van der Waals surface area contributed by atoms with Gasteiger partial charge in [0.25, 0.3) is 0 Å². The maximum absolute atomic E-state index is 13.4. The molecule has 1 aliphatic rings. The Bertz CT molecular complexity index is 1850. The van der Waals surface area contributed by atoms with Gasteiger partial charge in [0.15, 0.2) is 10.2 Å². The van der Waals surface area contributed by atoms with Gasteiger partial charge >= 0.3 is 23.9 Å². The Hall–Kier alpha value is -3.22. The average molecular weight is 1530 g/mol. The Balaban J connectivity index is 2.67. The first-order valence-electron chi connectivity index (χ1n) is 44.9. The number of carbonyl (C=O) groups excluding carboxylic acids is 8. The van der Waals surface area contributed by atoms with Gasteiger partial charge in [-0.15, -0.1) is 0 Å². The summed E-state index contributed by atoms with van der Waals surface area (Å²) in [5.74, 6) is -2.08. The van der Waals surface area contributed by atoms with Gasteiger partial charge in [-0.2, -0.15) is 0 Å². The lowest BCUT2D eigenvalue weighted by Crippen LogP contribution is -2.63. The topological polar surface area (TPSA) is 204 Å². The molecule has 1 aliphatic heterocycles. The maximum Gasteiger partial charge on any atom is 0.307 e. The Morgan fingerprint density at radius 2 is 0.415 bits per heavy atom. The molecule has 0 bridgehead atoms. The molecule has 1 rings (SSSR count). The number of rotatable bonds is 82. The predicted molar refractivity (Wildman–Crippen MR) is 444 cm³/mol. The summed E-state index contributed by atoms with van der Waals surface area (Å²) >= 11 is 1.90. The number of esters is 4. The number of amides is 2. The van der Waals surface area contributed by atoms with Crippen molar-refractivity contribution in [2.75, 3.05) is 77.2 Å².